The molecule has 1 aromatic rings. The quantitative estimate of drug-likeness (QED) is 0.840. The largest absolute Gasteiger partial charge is 0.489 e. The maximum Gasteiger partial charge on any atom is 0.227 e. The first kappa shape index (κ1) is 17.2. The summed E-state index contributed by atoms with van der Waals surface area (Å²) in [4.78, 5) is 12.6. The minimum atomic E-state index is 0.0183. The van der Waals surface area contributed by atoms with Crippen molar-refractivity contribution >= 4 is 11.6 Å². The van der Waals surface area contributed by atoms with E-state index in [-0.39, 0.29) is 17.9 Å². The third kappa shape index (κ3) is 4.28. The third-order valence-corrected chi connectivity index (χ3v) is 5.14. The molecule has 1 saturated heterocycles. The van der Waals surface area contributed by atoms with E-state index >= 15 is 0 Å². The molecule has 1 aliphatic carbocycles. The predicted octanol–water partition coefficient (Wildman–Crippen LogP) is 2.95. The van der Waals surface area contributed by atoms with Crippen molar-refractivity contribution in [1.29, 1.82) is 0 Å². The second-order valence-electron chi connectivity index (χ2n) is 6.82. The van der Waals surface area contributed by atoms with E-state index in [4.69, 9.17) is 15.2 Å². The number of hydrogen-bond acceptors (Lipinski definition) is 4. The number of ether oxygens (including phenoxy) is 2. The molecule has 0 bridgehead atoms. The van der Waals surface area contributed by atoms with Crippen LogP contribution < -0.4 is 15.8 Å². The highest BCUT2D eigenvalue weighted by molar-refractivity contribution is 5.94. The topological polar surface area (TPSA) is 73.6 Å². The molecule has 1 saturated carbocycles. The van der Waals surface area contributed by atoms with Gasteiger partial charge in [-0.3, -0.25) is 4.79 Å². The second kappa shape index (κ2) is 8.49. The summed E-state index contributed by atoms with van der Waals surface area (Å²) in [6.45, 7) is 1.92. The van der Waals surface area contributed by atoms with Crippen molar-refractivity contribution in [3.05, 3.63) is 24.3 Å². The summed E-state index contributed by atoms with van der Waals surface area (Å²) in [5.41, 5.74) is 6.53. The Labute approximate surface area is 143 Å². The molecule has 2 fully saturated rings. The van der Waals surface area contributed by atoms with Crippen molar-refractivity contribution < 1.29 is 14.3 Å². The van der Waals surface area contributed by atoms with Crippen LogP contribution in [0.15, 0.2) is 24.3 Å². The summed E-state index contributed by atoms with van der Waals surface area (Å²) in [5, 5.41) is 3.04. The Kier molecular flexibility index (Phi) is 6.10. The predicted molar refractivity (Wildman–Crippen MR) is 94.0 cm³/mol. The van der Waals surface area contributed by atoms with Crippen molar-refractivity contribution in [2.45, 2.75) is 44.6 Å². The maximum atomic E-state index is 12.6. The number of amides is 1. The van der Waals surface area contributed by atoms with Crippen molar-refractivity contribution in [3.8, 4) is 5.75 Å². The lowest BCUT2D eigenvalue weighted by Gasteiger charge is -2.23. The molecule has 1 unspecified atom stereocenters. The number of nitrogens with one attached hydrogen (secondary N) is 1. The van der Waals surface area contributed by atoms with Crippen LogP contribution in [0, 0.1) is 11.8 Å². The summed E-state index contributed by atoms with van der Waals surface area (Å²) in [6.07, 6.45) is 6.56. The Morgan fingerprint density at radius 2 is 2.08 bits per heavy atom. The highest BCUT2D eigenvalue weighted by Gasteiger charge is 2.32. The van der Waals surface area contributed by atoms with E-state index in [2.05, 4.69) is 5.32 Å². The van der Waals surface area contributed by atoms with Crippen LogP contribution in [0.3, 0.4) is 0 Å². The summed E-state index contributed by atoms with van der Waals surface area (Å²) < 4.78 is 11.6. The Morgan fingerprint density at radius 1 is 1.21 bits per heavy atom. The molecule has 0 aromatic heterocycles. The SMILES string of the molecule is NC[C@H]1CCC[C@H]1C(=O)Nc1ccccc1OCC1CCCCO1. The van der Waals surface area contributed by atoms with E-state index in [9.17, 15) is 4.79 Å². The Morgan fingerprint density at radius 3 is 2.88 bits per heavy atom. The highest BCUT2D eigenvalue weighted by atomic mass is 16.5. The molecule has 1 amide bonds. The number of nitrogens with two attached hydrogens (primary N) is 1. The van der Waals surface area contributed by atoms with E-state index in [0.29, 0.717) is 24.8 Å². The van der Waals surface area contributed by atoms with Crippen molar-refractivity contribution in [1.82, 2.24) is 0 Å². The molecule has 1 aromatic carbocycles. The molecule has 0 spiro atoms. The number of carbonyl (C=O) groups excluding carboxylic acids is 1. The average molecular weight is 332 g/mol. The zero-order chi connectivity index (χ0) is 16.8. The van der Waals surface area contributed by atoms with Crippen LogP contribution in [-0.4, -0.2) is 31.8 Å². The fourth-order valence-corrected chi connectivity index (χ4v) is 3.71. The van der Waals surface area contributed by atoms with E-state index < -0.39 is 0 Å². The van der Waals surface area contributed by atoms with Crippen LogP contribution in [0.2, 0.25) is 0 Å². The van der Waals surface area contributed by atoms with Gasteiger partial charge in [-0.05, 0) is 56.7 Å². The van der Waals surface area contributed by atoms with Crippen LogP contribution >= 0.6 is 0 Å². The maximum absolute atomic E-state index is 12.6. The van der Waals surface area contributed by atoms with Crippen LogP contribution in [-0.2, 0) is 9.53 Å². The normalized spacial score (nSPS) is 27.0. The molecule has 1 aliphatic heterocycles. The molecule has 0 radical (unpaired) electrons. The summed E-state index contributed by atoms with van der Waals surface area (Å²) >= 11 is 0. The molecular weight excluding hydrogens is 304 g/mol. The van der Waals surface area contributed by atoms with Gasteiger partial charge in [0.05, 0.1) is 11.8 Å². The molecule has 3 N–H and O–H groups in total. The molecule has 5 nitrogen and oxygen atoms in total. The number of rotatable bonds is 6. The van der Waals surface area contributed by atoms with E-state index in [0.717, 1.165) is 44.4 Å². The molecular formula is C19H28N2O3. The Bertz CT molecular complexity index is 543. The van der Waals surface area contributed by atoms with Gasteiger partial charge in [0.25, 0.3) is 0 Å². The monoisotopic (exact) mass is 332 g/mol. The number of hydrogen-bond donors (Lipinski definition) is 2. The molecule has 5 heteroatoms. The summed E-state index contributed by atoms with van der Waals surface area (Å²) in [6, 6.07) is 7.62. The minimum Gasteiger partial charge on any atom is -0.489 e. The zero-order valence-corrected chi connectivity index (χ0v) is 14.2. The lowest BCUT2D eigenvalue weighted by atomic mass is 9.95. The van der Waals surface area contributed by atoms with Gasteiger partial charge in [0.1, 0.15) is 12.4 Å². The average Bonchev–Trinajstić information content (AvgIpc) is 3.11. The van der Waals surface area contributed by atoms with Gasteiger partial charge in [-0.25, -0.2) is 0 Å². The van der Waals surface area contributed by atoms with E-state index in [1.54, 1.807) is 0 Å². The lowest BCUT2D eigenvalue weighted by Crippen LogP contribution is -2.30. The standard InChI is InChI=1S/C19H28N2O3/c20-12-14-6-5-8-16(14)19(22)21-17-9-1-2-10-18(17)24-13-15-7-3-4-11-23-15/h1-2,9-10,14-16H,3-8,11-13,20H2,(H,21,22)/t14-,15?,16-/m1/s1. The number of anilines is 1. The molecule has 24 heavy (non-hydrogen) atoms. The van der Waals surface area contributed by atoms with Crippen LogP contribution in [0.1, 0.15) is 38.5 Å². The Balaban J connectivity index is 1.60. The number of benzene rings is 1. The van der Waals surface area contributed by atoms with Gasteiger partial charge in [0, 0.05) is 12.5 Å². The fraction of sp³-hybridized carbons (Fsp3) is 0.632. The van der Waals surface area contributed by atoms with Crippen LogP contribution in [0.4, 0.5) is 5.69 Å². The van der Waals surface area contributed by atoms with Gasteiger partial charge >= 0.3 is 0 Å². The van der Waals surface area contributed by atoms with Gasteiger partial charge in [-0.1, -0.05) is 18.6 Å². The van der Waals surface area contributed by atoms with Crippen molar-refractivity contribution in [2.24, 2.45) is 17.6 Å². The second-order valence-corrected chi connectivity index (χ2v) is 6.82. The zero-order valence-electron chi connectivity index (χ0n) is 14.2. The first-order valence-corrected chi connectivity index (χ1v) is 9.12. The van der Waals surface area contributed by atoms with E-state index in [1.165, 1.54) is 6.42 Å². The first-order valence-electron chi connectivity index (χ1n) is 9.12. The van der Waals surface area contributed by atoms with Gasteiger partial charge in [0.2, 0.25) is 5.91 Å². The molecule has 3 rings (SSSR count). The van der Waals surface area contributed by atoms with Gasteiger partial charge in [-0.15, -0.1) is 0 Å². The fourth-order valence-electron chi connectivity index (χ4n) is 3.71. The molecule has 2 aliphatic rings. The van der Waals surface area contributed by atoms with Gasteiger partial charge in [0.15, 0.2) is 0 Å². The number of carbonyl (C=O) groups is 1. The lowest BCUT2D eigenvalue weighted by molar-refractivity contribution is -0.120. The van der Waals surface area contributed by atoms with E-state index in [1.807, 2.05) is 24.3 Å². The van der Waals surface area contributed by atoms with Crippen molar-refractivity contribution in [2.75, 3.05) is 25.1 Å². The summed E-state index contributed by atoms with van der Waals surface area (Å²) in [7, 11) is 0. The molecule has 3 atom stereocenters. The molecule has 1 heterocycles. The Hall–Kier alpha value is -1.59. The van der Waals surface area contributed by atoms with Gasteiger partial charge in [-0.2, -0.15) is 0 Å². The summed E-state index contributed by atoms with van der Waals surface area (Å²) in [5.74, 6) is 1.09. The first-order chi connectivity index (χ1) is 11.8. The minimum absolute atomic E-state index is 0.0183. The van der Waals surface area contributed by atoms with Gasteiger partial charge < -0.3 is 20.5 Å². The third-order valence-electron chi connectivity index (χ3n) is 5.14. The van der Waals surface area contributed by atoms with Crippen molar-refractivity contribution in [3.63, 3.8) is 0 Å². The van der Waals surface area contributed by atoms with Crippen LogP contribution in [0.5, 0.6) is 5.75 Å². The van der Waals surface area contributed by atoms with Crippen LogP contribution in [0.25, 0.3) is 0 Å². The molecule has 132 valence electrons. The number of para-hydroxylation sites is 2. The smallest absolute Gasteiger partial charge is 0.227 e. The highest BCUT2D eigenvalue weighted by Crippen LogP contribution is 2.33.